The van der Waals surface area contributed by atoms with Crippen LogP contribution < -0.4 is 5.32 Å². The molecule has 0 radical (unpaired) electrons. The second-order valence-corrected chi connectivity index (χ2v) is 3.03. The molecule has 1 rings (SSSR count). The first-order valence-corrected chi connectivity index (χ1v) is 4.54. The Morgan fingerprint density at radius 3 is 2.56 bits per heavy atom. The molecule has 3 N–H and O–H groups in total. The minimum Gasteiger partial charge on any atom is -0.506 e. The number of phenols is 1. The van der Waals surface area contributed by atoms with Gasteiger partial charge in [-0.1, -0.05) is 6.08 Å². The molecule has 1 aromatic rings. The molecule has 0 atom stereocenters. The van der Waals surface area contributed by atoms with Crippen LogP contribution in [-0.2, 0) is 4.79 Å². The molecular weight excluding hydrogens is 210 g/mol. The molecule has 0 saturated carbocycles. The Balaban J connectivity index is 2.91. The van der Waals surface area contributed by atoms with Gasteiger partial charge in [0.05, 0.1) is 11.3 Å². The number of amides is 1. The van der Waals surface area contributed by atoms with Crippen LogP contribution in [0.1, 0.15) is 17.3 Å². The Labute approximate surface area is 92.0 Å². The number of benzene rings is 1. The number of aromatic carboxylic acids is 1. The number of carbonyl (C=O) groups is 2. The third kappa shape index (κ3) is 2.84. The summed E-state index contributed by atoms with van der Waals surface area (Å²) in [5.41, 5.74) is 0.134. The summed E-state index contributed by atoms with van der Waals surface area (Å²) in [6.45, 7) is 1.69. The molecule has 1 aromatic carbocycles. The van der Waals surface area contributed by atoms with Crippen molar-refractivity contribution in [3.8, 4) is 5.75 Å². The van der Waals surface area contributed by atoms with E-state index in [1.165, 1.54) is 18.2 Å². The number of hydrogen-bond acceptors (Lipinski definition) is 3. The van der Waals surface area contributed by atoms with E-state index >= 15 is 0 Å². The molecule has 0 aliphatic carbocycles. The van der Waals surface area contributed by atoms with Gasteiger partial charge in [-0.25, -0.2) is 4.79 Å². The molecule has 0 spiro atoms. The molecule has 16 heavy (non-hydrogen) atoms. The summed E-state index contributed by atoms with van der Waals surface area (Å²) in [6.07, 6.45) is 2.85. The Hall–Kier alpha value is -2.30. The maximum Gasteiger partial charge on any atom is 0.335 e. The SMILES string of the molecule is CC=CC(=O)Nc1ccc(C(=O)O)cc1O. The Kier molecular flexibility index (Phi) is 3.66. The van der Waals surface area contributed by atoms with Crippen molar-refractivity contribution in [3.05, 3.63) is 35.9 Å². The number of aromatic hydroxyl groups is 1. The highest BCUT2D eigenvalue weighted by atomic mass is 16.4. The van der Waals surface area contributed by atoms with Crippen LogP contribution in [0.15, 0.2) is 30.4 Å². The number of carboxylic acids is 1. The number of hydrogen-bond donors (Lipinski definition) is 3. The van der Waals surface area contributed by atoms with Gasteiger partial charge in [0.1, 0.15) is 5.75 Å². The van der Waals surface area contributed by atoms with Gasteiger partial charge in [0, 0.05) is 0 Å². The van der Waals surface area contributed by atoms with E-state index in [-0.39, 0.29) is 22.9 Å². The van der Waals surface area contributed by atoms with Crippen molar-refractivity contribution in [2.75, 3.05) is 5.32 Å². The average molecular weight is 221 g/mol. The van der Waals surface area contributed by atoms with Crippen molar-refractivity contribution in [2.24, 2.45) is 0 Å². The monoisotopic (exact) mass is 221 g/mol. The molecule has 0 saturated heterocycles. The Bertz CT molecular complexity index is 451. The fourth-order valence-corrected chi connectivity index (χ4v) is 1.10. The lowest BCUT2D eigenvalue weighted by atomic mass is 10.2. The van der Waals surface area contributed by atoms with Crippen molar-refractivity contribution in [1.29, 1.82) is 0 Å². The van der Waals surface area contributed by atoms with Crippen LogP contribution in [0.2, 0.25) is 0 Å². The molecule has 0 heterocycles. The van der Waals surface area contributed by atoms with Crippen molar-refractivity contribution in [2.45, 2.75) is 6.92 Å². The fraction of sp³-hybridized carbons (Fsp3) is 0.0909. The minimum atomic E-state index is -1.14. The Morgan fingerprint density at radius 2 is 2.06 bits per heavy atom. The lowest BCUT2D eigenvalue weighted by Crippen LogP contribution is -2.08. The molecule has 5 nitrogen and oxygen atoms in total. The highest BCUT2D eigenvalue weighted by molar-refractivity contribution is 6.00. The van der Waals surface area contributed by atoms with E-state index in [4.69, 9.17) is 5.11 Å². The molecule has 0 fully saturated rings. The Morgan fingerprint density at radius 1 is 1.38 bits per heavy atom. The number of anilines is 1. The van der Waals surface area contributed by atoms with Gasteiger partial charge < -0.3 is 15.5 Å². The quantitative estimate of drug-likeness (QED) is 0.534. The van der Waals surface area contributed by atoms with Crippen LogP contribution >= 0.6 is 0 Å². The molecule has 0 aliphatic rings. The van der Waals surface area contributed by atoms with Gasteiger partial charge in [0.15, 0.2) is 0 Å². The van der Waals surface area contributed by atoms with E-state index in [9.17, 15) is 14.7 Å². The number of carbonyl (C=O) groups excluding carboxylic acids is 1. The van der Waals surface area contributed by atoms with Crippen molar-refractivity contribution >= 4 is 17.6 Å². The van der Waals surface area contributed by atoms with Crippen LogP contribution in [-0.4, -0.2) is 22.1 Å². The molecule has 1 amide bonds. The van der Waals surface area contributed by atoms with E-state index < -0.39 is 5.97 Å². The minimum absolute atomic E-state index is 0.0402. The zero-order chi connectivity index (χ0) is 12.1. The molecular formula is C11H11NO4. The third-order valence-corrected chi connectivity index (χ3v) is 1.82. The summed E-state index contributed by atoms with van der Waals surface area (Å²) in [6, 6.07) is 3.71. The molecule has 0 aliphatic heterocycles. The number of rotatable bonds is 3. The van der Waals surface area contributed by atoms with Gasteiger partial charge in [-0.15, -0.1) is 0 Å². The molecule has 84 valence electrons. The van der Waals surface area contributed by atoms with Gasteiger partial charge in [0.25, 0.3) is 0 Å². The van der Waals surface area contributed by atoms with Crippen LogP contribution in [0.25, 0.3) is 0 Å². The van der Waals surface area contributed by atoms with Crippen LogP contribution in [0, 0.1) is 0 Å². The lowest BCUT2D eigenvalue weighted by molar-refractivity contribution is -0.111. The number of carboxylic acid groups (broad SMARTS) is 1. The molecule has 0 unspecified atom stereocenters. The van der Waals surface area contributed by atoms with E-state index in [2.05, 4.69) is 5.32 Å². The van der Waals surface area contributed by atoms with Crippen molar-refractivity contribution < 1.29 is 19.8 Å². The van der Waals surface area contributed by atoms with E-state index in [1.807, 2.05) is 0 Å². The second-order valence-electron chi connectivity index (χ2n) is 3.03. The van der Waals surface area contributed by atoms with Gasteiger partial charge >= 0.3 is 5.97 Å². The number of allylic oxidation sites excluding steroid dienone is 1. The van der Waals surface area contributed by atoms with Crippen molar-refractivity contribution in [1.82, 2.24) is 0 Å². The maximum atomic E-state index is 11.2. The highest BCUT2D eigenvalue weighted by Gasteiger charge is 2.08. The summed E-state index contributed by atoms with van der Waals surface area (Å²) in [7, 11) is 0. The smallest absolute Gasteiger partial charge is 0.335 e. The maximum absolute atomic E-state index is 11.2. The fourth-order valence-electron chi connectivity index (χ4n) is 1.10. The molecule has 0 bridgehead atoms. The molecule has 0 aromatic heterocycles. The largest absolute Gasteiger partial charge is 0.506 e. The van der Waals surface area contributed by atoms with Gasteiger partial charge in [-0.3, -0.25) is 4.79 Å². The summed E-state index contributed by atoms with van der Waals surface area (Å²) in [5.74, 6) is -1.81. The van der Waals surface area contributed by atoms with Gasteiger partial charge in [-0.2, -0.15) is 0 Å². The predicted molar refractivity (Wildman–Crippen MR) is 58.5 cm³/mol. The standard InChI is InChI=1S/C11H11NO4/c1-2-3-10(14)12-8-5-4-7(11(15)16)6-9(8)13/h2-6,13H,1H3,(H,12,14)(H,15,16). The van der Waals surface area contributed by atoms with E-state index in [0.29, 0.717) is 0 Å². The normalized spacial score (nSPS) is 10.3. The summed E-state index contributed by atoms with van der Waals surface area (Å²) < 4.78 is 0. The summed E-state index contributed by atoms with van der Waals surface area (Å²) in [4.78, 5) is 21.7. The first-order chi connectivity index (χ1) is 7.54. The zero-order valence-electron chi connectivity index (χ0n) is 8.60. The highest BCUT2D eigenvalue weighted by Crippen LogP contribution is 2.24. The number of phenolic OH excluding ortho intramolecular Hbond substituents is 1. The van der Waals surface area contributed by atoms with Crippen LogP contribution in [0.4, 0.5) is 5.69 Å². The summed E-state index contributed by atoms with van der Waals surface area (Å²) >= 11 is 0. The predicted octanol–water partition coefficient (Wildman–Crippen LogP) is 1.60. The average Bonchev–Trinajstić information content (AvgIpc) is 2.21. The van der Waals surface area contributed by atoms with E-state index in [1.54, 1.807) is 13.0 Å². The van der Waals surface area contributed by atoms with Gasteiger partial charge in [0.2, 0.25) is 5.91 Å². The van der Waals surface area contributed by atoms with Crippen molar-refractivity contribution in [3.63, 3.8) is 0 Å². The van der Waals surface area contributed by atoms with Crippen LogP contribution in [0.3, 0.4) is 0 Å². The molecule has 5 heteroatoms. The zero-order valence-corrected chi connectivity index (χ0v) is 8.60. The van der Waals surface area contributed by atoms with Crippen LogP contribution in [0.5, 0.6) is 5.75 Å². The third-order valence-electron chi connectivity index (χ3n) is 1.82. The van der Waals surface area contributed by atoms with E-state index in [0.717, 1.165) is 6.07 Å². The first kappa shape index (κ1) is 11.8. The van der Waals surface area contributed by atoms with Gasteiger partial charge in [-0.05, 0) is 31.2 Å². The lowest BCUT2D eigenvalue weighted by Gasteiger charge is -2.05. The first-order valence-electron chi connectivity index (χ1n) is 4.54. The number of nitrogens with one attached hydrogen (secondary N) is 1. The topological polar surface area (TPSA) is 86.6 Å². The second kappa shape index (κ2) is 4.97. The summed E-state index contributed by atoms with van der Waals surface area (Å²) in [5, 5.41) is 20.5.